The van der Waals surface area contributed by atoms with Crippen LogP contribution in [0.25, 0.3) is 0 Å². The van der Waals surface area contributed by atoms with Crippen LogP contribution < -0.4 is 0 Å². The summed E-state index contributed by atoms with van der Waals surface area (Å²) in [4.78, 5) is 13.7. The second kappa shape index (κ2) is 7.00. The fourth-order valence-corrected chi connectivity index (χ4v) is 2.17. The molecule has 1 amide bonds. The van der Waals surface area contributed by atoms with Crippen molar-refractivity contribution in [1.82, 2.24) is 19.8 Å². The Morgan fingerprint density at radius 3 is 2.78 bits per heavy atom. The molecule has 0 saturated heterocycles. The monoisotopic (exact) mass is 336 g/mol. The molecule has 0 aliphatic heterocycles. The third-order valence-corrected chi connectivity index (χ3v) is 3.53. The number of halogens is 1. The topological polar surface area (TPSA) is 64.2 Å². The van der Waals surface area contributed by atoms with Gasteiger partial charge in [-0.25, -0.2) is 0 Å². The smallest absolute Gasteiger partial charge is 0.246 e. The van der Waals surface area contributed by atoms with Crippen molar-refractivity contribution in [1.29, 1.82) is 0 Å². The first-order valence-corrected chi connectivity index (χ1v) is 7.73. The molecule has 0 aliphatic rings. The summed E-state index contributed by atoms with van der Waals surface area (Å²) in [6, 6.07) is 1.88. The van der Waals surface area contributed by atoms with Crippen LogP contribution in [0.4, 0.5) is 0 Å². The number of carbonyl (C=O) groups excluding carboxylic acids is 1. The Bertz CT molecular complexity index is 684. The van der Waals surface area contributed by atoms with Gasteiger partial charge < -0.3 is 9.42 Å². The van der Waals surface area contributed by atoms with E-state index in [4.69, 9.17) is 16.1 Å². The number of nitrogens with zero attached hydrogens (tertiary/aromatic N) is 4. The molecule has 0 N–H and O–H groups in total. The summed E-state index contributed by atoms with van der Waals surface area (Å²) in [6.45, 7) is 11.1. The lowest BCUT2D eigenvalue weighted by atomic mass is 9.93. The lowest BCUT2D eigenvalue weighted by molar-refractivity contribution is -0.126. The zero-order valence-corrected chi connectivity index (χ0v) is 14.4. The van der Waals surface area contributed by atoms with Crippen LogP contribution in [0.1, 0.15) is 32.2 Å². The molecule has 0 saturated carbocycles. The Hall–Kier alpha value is -2.08. The molecule has 2 aromatic heterocycles. The van der Waals surface area contributed by atoms with E-state index in [2.05, 4.69) is 16.8 Å². The first-order valence-electron chi connectivity index (χ1n) is 7.35. The molecule has 2 aromatic rings. The third-order valence-electron chi connectivity index (χ3n) is 3.34. The van der Waals surface area contributed by atoms with Crippen LogP contribution >= 0.6 is 11.6 Å². The van der Waals surface area contributed by atoms with Crippen LogP contribution in [-0.2, 0) is 23.3 Å². The van der Waals surface area contributed by atoms with Gasteiger partial charge in [0, 0.05) is 24.2 Å². The van der Waals surface area contributed by atoms with Gasteiger partial charge in [0.2, 0.25) is 5.91 Å². The van der Waals surface area contributed by atoms with Crippen molar-refractivity contribution in [3.63, 3.8) is 0 Å². The maximum absolute atomic E-state index is 12.0. The normalized spacial score (nSPS) is 11.5. The quantitative estimate of drug-likeness (QED) is 0.760. The second-order valence-corrected chi connectivity index (χ2v) is 6.75. The molecule has 0 bridgehead atoms. The van der Waals surface area contributed by atoms with Crippen LogP contribution in [0.15, 0.2) is 35.6 Å². The molecule has 0 unspecified atom stereocenters. The SMILES string of the molecule is C=CC(=O)N(CCn1cc(Cl)cn1)Cc1cc(C(C)(C)C)on1. The number of rotatable bonds is 6. The van der Waals surface area contributed by atoms with Crippen LogP contribution in [-0.4, -0.2) is 32.3 Å². The van der Waals surface area contributed by atoms with E-state index in [1.54, 1.807) is 22.0 Å². The molecule has 2 rings (SSSR count). The summed E-state index contributed by atoms with van der Waals surface area (Å²) in [6.07, 6.45) is 4.57. The van der Waals surface area contributed by atoms with Crippen molar-refractivity contribution in [2.24, 2.45) is 0 Å². The average Bonchev–Trinajstić information content (AvgIpc) is 3.11. The van der Waals surface area contributed by atoms with E-state index >= 15 is 0 Å². The van der Waals surface area contributed by atoms with Gasteiger partial charge in [-0.05, 0) is 6.08 Å². The van der Waals surface area contributed by atoms with E-state index in [9.17, 15) is 4.79 Å². The van der Waals surface area contributed by atoms with Gasteiger partial charge in [-0.3, -0.25) is 9.48 Å². The van der Waals surface area contributed by atoms with Crippen LogP contribution in [0, 0.1) is 0 Å². The molecular formula is C16H21ClN4O2. The molecule has 0 radical (unpaired) electrons. The molecule has 6 nitrogen and oxygen atoms in total. The van der Waals surface area contributed by atoms with E-state index in [1.807, 2.05) is 26.8 Å². The van der Waals surface area contributed by atoms with Gasteiger partial charge in [0.15, 0.2) is 0 Å². The minimum atomic E-state index is -0.163. The van der Waals surface area contributed by atoms with Gasteiger partial charge in [-0.1, -0.05) is 44.1 Å². The highest BCUT2D eigenvalue weighted by molar-refractivity contribution is 6.30. The zero-order valence-electron chi connectivity index (χ0n) is 13.6. The second-order valence-electron chi connectivity index (χ2n) is 6.32. The van der Waals surface area contributed by atoms with Crippen molar-refractivity contribution in [2.45, 2.75) is 39.3 Å². The van der Waals surface area contributed by atoms with Gasteiger partial charge in [0.25, 0.3) is 0 Å². The van der Waals surface area contributed by atoms with E-state index in [0.29, 0.717) is 30.4 Å². The fraction of sp³-hybridized carbons (Fsp3) is 0.438. The predicted molar refractivity (Wildman–Crippen MR) is 88.1 cm³/mol. The van der Waals surface area contributed by atoms with Crippen molar-refractivity contribution in [3.05, 3.63) is 47.6 Å². The summed E-state index contributed by atoms with van der Waals surface area (Å²) >= 11 is 5.84. The van der Waals surface area contributed by atoms with E-state index in [1.165, 1.54) is 6.08 Å². The van der Waals surface area contributed by atoms with Crippen LogP contribution in [0.5, 0.6) is 0 Å². The number of amides is 1. The highest BCUT2D eigenvalue weighted by Crippen LogP contribution is 2.23. The molecule has 2 heterocycles. The molecule has 0 fully saturated rings. The number of hydrogen-bond donors (Lipinski definition) is 0. The van der Waals surface area contributed by atoms with Crippen molar-refractivity contribution >= 4 is 17.5 Å². The molecule has 23 heavy (non-hydrogen) atoms. The number of carbonyl (C=O) groups is 1. The maximum atomic E-state index is 12.0. The zero-order chi connectivity index (χ0) is 17.0. The standard InChI is InChI=1S/C16H21ClN4O2/c1-5-15(22)20(6-7-21-10-12(17)9-18-21)11-13-8-14(23-19-13)16(2,3)4/h5,8-10H,1,6-7,11H2,2-4H3. The fourth-order valence-electron chi connectivity index (χ4n) is 2.02. The van der Waals surface area contributed by atoms with E-state index < -0.39 is 0 Å². The molecule has 0 aromatic carbocycles. The largest absolute Gasteiger partial charge is 0.361 e. The van der Waals surface area contributed by atoms with E-state index in [0.717, 1.165) is 5.76 Å². The summed E-state index contributed by atoms with van der Waals surface area (Å²) in [5, 5.41) is 8.72. The lowest BCUT2D eigenvalue weighted by Crippen LogP contribution is -2.32. The number of aromatic nitrogens is 3. The molecule has 124 valence electrons. The Balaban J connectivity index is 2.05. The minimum Gasteiger partial charge on any atom is -0.361 e. The van der Waals surface area contributed by atoms with Crippen molar-refractivity contribution < 1.29 is 9.32 Å². The summed E-state index contributed by atoms with van der Waals surface area (Å²) in [7, 11) is 0. The average molecular weight is 337 g/mol. The van der Waals surface area contributed by atoms with Crippen molar-refractivity contribution in [3.8, 4) is 0 Å². The molecule has 0 atom stereocenters. The Morgan fingerprint density at radius 2 is 2.26 bits per heavy atom. The highest BCUT2D eigenvalue weighted by atomic mass is 35.5. The molecule has 0 spiro atoms. The third kappa shape index (κ3) is 4.69. The minimum absolute atomic E-state index is 0.121. The van der Waals surface area contributed by atoms with Crippen molar-refractivity contribution in [2.75, 3.05) is 6.54 Å². The van der Waals surface area contributed by atoms with E-state index in [-0.39, 0.29) is 11.3 Å². The van der Waals surface area contributed by atoms with Crippen LogP contribution in [0.3, 0.4) is 0 Å². The maximum Gasteiger partial charge on any atom is 0.246 e. The van der Waals surface area contributed by atoms with Gasteiger partial charge in [0.05, 0.1) is 24.3 Å². The van der Waals surface area contributed by atoms with Crippen LogP contribution in [0.2, 0.25) is 5.02 Å². The molecule has 7 heteroatoms. The van der Waals surface area contributed by atoms with Gasteiger partial charge in [-0.2, -0.15) is 5.10 Å². The molecular weight excluding hydrogens is 316 g/mol. The summed E-state index contributed by atoms with van der Waals surface area (Å²) < 4.78 is 7.05. The predicted octanol–water partition coefficient (Wildman–Crippen LogP) is 3.04. The summed E-state index contributed by atoms with van der Waals surface area (Å²) in [5.74, 6) is 0.626. The number of hydrogen-bond acceptors (Lipinski definition) is 4. The first kappa shape index (κ1) is 17.3. The lowest BCUT2D eigenvalue weighted by Gasteiger charge is -2.19. The first-order chi connectivity index (χ1) is 10.8. The van der Waals surface area contributed by atoms with Gasteiger partial charge in [0.1, 0.15) is 11.5 Å². The van der Waals surface area contributed by atoms with Gasteiger partial charge >= 0.3 is 0 Å². The Labute approximate surface area is 140 Å². The highest BCUT2D eigenvalue weighted by Gasteiger charge is 2.21. The van der Waals surface area contributed by atoms with Gasteiger partial charge in [-0.15, -0.1) is 0 Å². The summed E-state index contributed by atoms with van der Waals surface area (Å²) in [5.41, 5.74) is 0.591. The Kier molecular flexibility index (Phi) is 5.26. The molecule has 0 aliphatic carbocycles. The Morgan fingerprint density at radius 1 is 1.52 bits per heavy atom.